The summed E-state index contributed by atoms with van der Waals surface area (Å²) in [5.74, 6) is 0.539. The van der Waals surface area contributed by atoms with E-state index < -0.39 is 0 Å². The van der Waals surface area contributed by atoms with Gasteiger partial charge in [-0.05, 0) is 49.4 Å². The zero-order chi connectivity index (χ0) is 19.4. The Hall–Kier alpha value is -3.02. The Labute approximate surface area is 158 Å². The van der Waals surface area contributed by atoms with Gasteiger partial charge in [0.2, 0.25) is 0 Å². The predicted molar refractivity (Wildman–Crippen MR) is 102 cm³/mol. The number of rotatable bonds is 4. The smallest absolute Gasteiger partial charge is 0.338 e. The zero-order valence-corrected chi connectivity index (χ0v) is 15.7. The highest BCUT2D eigenvalue weighted by molar-refractivity contribution is 6.04. The van der Waals surface area contributed by atoms with E-state index in [1.807, 2.05) is 0 Å². The third-order valence-electron chi connectivity index (χ3n) is 4.10. The van der Waals surface area contributed by atoms with Crippen LogP contribution in [0.1, 0.15) is 41.5 Å². The highest BCUT2D eigenvalue weighted by Crippen LogP contribution is 2.34. The molecule has 0 aromatic heterocycles. The predicted octanol–water partition coefficient (Wildman–Crippen LogP) is 3.91. The summed E-state index contributed by atoms with van der Waals surface area (Å²) in [7, 11) is 0. The second kappa shape index (κ2) is 7.70. The molecule has 2 aromatic carbocycles. The second-order valence-corrected chi connectivity index (χ2v) is 7.16. The first-order valence-corrected chi connectivity index (χ1v) is 8.86. The molecule has 0 atom stereocenters. The van der Waals surface area contributed by atoms with Crippen molar-refractivity contribution in [3.63, 3.8) is 0 Å². The maximum absolute atomic E-state index is 12.5. The van der Waals surface area contributed by atoms with Crippen LogP contribution in [0, 0.1) is 5.41 Å². The van der Waals surface area contributed by atoms with Crippen molar-refractivity contribution in [2.75, 3.05) is 25.1 Å². The lowest BCUT2D eigenvalue weighted by atomic mass is 9.97. The number of hydrogen-bond donors (Lipinski definition) is 1. The molecular formula is C21H23NO5. The van der Waals surface area contributed by atoms with Crippen molar-refractivity contribution in [2.24, 2.45) is 5.41 Å². The molecule has 1 heterocycles. The van der Waals surface area contributed by atoms with Crippen LogP contribution in [0.3, 0.4) is 0 Å². The molecule has 27 heavy (non-hydrogen) atoms. The minimum atomic E-state index is -0.388. The van der Waals surface area contributed by atoms with E-state index in [1.165, 1.54) is 0 Å². The first-order chi connectivity index (χ1) is 12.9. The number of carbonyl (C=O) groups is 2. The molecule has 1 amide bonds. The zero-order valence-electron chi connectivity index (χ0n) is 15.7. The summed E-state index contributed by atoms with van der Waals surface area (Å²) in [5, 5.41) is 2.81. The van der Waals surface area contributed by atoms with Gasteiger partial charge in [-0.1, -0.05) is 13.8 Å². The number of ether oxygens (including phenoxy) is 3. The van der Waals surface area contributed by atoms with Crippen LogP contribution < -0.4 is 14.8 Å². The van der Waals surface area contributed by atoms with E-state index in [2.05, 4.69) is 19.2 Å². The summed E-state index contributed by atoms with van der Waals surface area (Å²) in [6.45, 7) is 7.26. The normalized spacial score (nSPS) is 14.8. The summed E-state index contributed by atoms with van der Waals surface area (Å²) < 4.78 is 16.5. The Morgan fingerprint density at radius 2 is 1.63 bits per heavy atom. The van der Waals surface area contributed by atoms with Crippen LogP contribution in [-0.2, 0) is 4.74 Å². The van der Waals surface area contributed by atoms with Crippen molar-refractivity contribution in [1.82, 2.24) is 0 Å². The molecule has 0 saturated heterocycles. The Balaban J connectivity index is 1.70. The van der Waals surface area contributed by atoms with E-state index >= 15 is 0 Å². The van der Waals surface area contributed by atoms with Crippen LogP contribution in [0.15, 0.2) is 42.5 Å². The second-order valence-electron chi connectivity index (χ2n) is 7.16. The molecule has 1 N–H and O–H groups in total. The summed E-state index contributed by atoms with van der Waals surface area (Å²) in [6.07, 6.45) is 0. The van der Waals surface area contributed by atoms with Crippen molar-refractivity contribution >= 4 is 17.6 Å². The van der Waals surface area contributed by atoms with Crippen LogP contribution >= 0.6 is 0 Å². The van der Waals surface area contributed by atoms with Crippen molar-refractivity contribution in [1.29, 1.82) is 0 Å². The molecule has 0 fully saturated rings. The standard InChI is InChI=1S/C21H23NO5/c1-4-25-20(24)14-5-8-16(9-6-14)22-19(23)15-7-10-17-18(11-15)27-13-21(2,3)12-26-17/h5-11H,4,12-13H2,1-3H3,(H,22,23). The van der Waals surface area contributed by atoms with Gasteiger partial charge in [0.25, 0.3) is 5.91 Å². The number of hydrogen-bond acceptors (Lipinski definition) is 5. The summed E-state index contributed by atoms with van der Waals surface area (Å²) in [5.41, 5.74) is 1.39. The van der Waals surface area contributed by atoms with Gasteiger partial charge < -0.3 is 19.5 Å². The van der Waals surface area contributed by atoms with E-state index in [0.717, 1.165) is 0 Å². The lowest BCUT2D eigenvalue weighted by Crippen LogP contribution is -2.26. The number of esters is 1. The third-order valence-corrected chi connectivity index (χ3v) is 4.10. The molecule has 1 aliphatic rings. The monoisotopic (exact) mass is 369 g/mol. The van der Waals surface area contributed by atoms with Crippen molar-refractivity contribution in [3.05, 3.63) is 53.6 Å². The molecule has 0 radical (unpaired) electrons. The van der Waals surface area contributed by atoms with Gasteiger partial charge in [0, 0.05) is 16.7 Å². The van der Waals surface area contributed by atoms with Crippen LogP contribution in [0.2, 0.25) is 0 Å². The molecule has 3 rings (SSSR count). The van der Waals surface area contributed by atoms with E-state index in [9.17, 15) is 9.59 Å². The molecule has 2 aromatic rings. The van der Waals surface area contributed by atoms with Crippen LogP contribution in [0.5, 0.6) is 11.5 Å². The number of nitrogens with one attached hydrogen (secondary N) is 1. The van der Waals surface area contributed by atoms with Gasteiger partial charge in [-0.25, -0.2) is 4.79 Å². The number of fused-ring (bicyclic) bond motifs is 1. The molecule has 0 spiro atoms. The van der Waals surface area contributed by atoms with Crippen LogP contribution in [0.25, 0.3) is 0 Å². The quantitative estimate of drug-likeness (QED) is 0.827. The van der Waals surface area contributed by atoms with E-state index in [0.29, 0.717) is 48.1 Å². The number of carbonyl (C=O) groups excluding carboxylic acids is 2. The van der Waals surface area contributed by atoms with E-state index in [-0.39, 0.29) is 17.3 Å². The van der Waals surface area contributed by atoms with Crippen LogP contribution in [-0.4, -0.2) is 31.7 Å². The third kappa shape index (κ3) is 4.58. The van der Waals surface area contributed by atoms with Gasteiger partial charge in [0.1, 0.15) is 0 Å². The Morgan fingerprint density at radius 3 is 2.30 bits per heavy atom. The molecule has 0 saturated carbocycles. The minimum absolute atomic E-state index is 0.0951. The molecule has 0 bridgehead atoms. The maximum atomic E-state index is 12.5. The van der Waals surface area contributed by atoms with E-state index in [1.54, 1.807) is 49.4 Å². The molecular weight excluding hydrogens is 346 g/mol. The first kappa shape index (κ1) is 18.8. The topological polar surface area (TPSA) is 73.9 Å². The first-order valence-electron chi connectivity index (χ1n) is 8.86. The number of anilines is 1. The van der Waals surface area contributed by atoms with Gasteiger partial charge in [-0.15, -0.1) is 0 Å². The van der Waals surface area contributed by atoms with Gasteiger partial charge in [-0.3, -0.25) is 4.79 Å². The van der Waals surface area contributed by atoms with Crippen molar-refractivity contribution < 1.29 is 23.8 Å². The molecule has 0 aliphatic carbocycles. The van der Waals surface area contributed by atoms with Gasteiger partial charge in [0.05, 0.1) is 25.4 Å². The molecule has 142 valence electrons. The Kier molecular flexibility index (Phi) is 5.35. The minimum Gasteiger partial charge on any atom is -0.489 e. The SMILES string of the molecule is CCOC(=O)c1ccc(NC(=O)c2ccc3c(c2)OCC(C)(C)CO3)cc1. The Morgan fingerprint density at radius 1 is 1.00 bits per heavy atom. The van der Waals surface area contributed by atoms with Gasteiger partial charge in [-0.2, -0.15) is 0 Å². The van der Waals surface area contributed by atoms with E-state index in [4.69, 9.17) is 14.2 Å². The summed E-state index contributed by atoms with van der Waals surface area (Å²) >= 11 is 0. The lowest BCUT2D eigenvalue weighted by molar-refractivity contribution is 0.0526. The van der Waals surface area contributed by atoms with Gasteiger partial charge >= 0.3 is 5.97 Å². The highest BCUT2D eigenvalue weighted by Gasteiger charge is 2.25. The molecule has 6 heteroatoms. The fourth-order valence-corrected chi connectivity index (χ4v) is 2.58. The highest BCUT2D eigenvalue weighted by atomic mass is 16.5. The summed E-state index contributed by atoms with van der Waals surface area (Å²) in [6, 6.07) is 11.7. The number of benzene rings is 2. The average molecular weight is 369 g/mol. The van der Waals surface area contributed by atoms with Crippen LogP contribution in [0.4, 0.5) is 5.69 Å². The lowest BCUT2D eigenvalue weighted by Gasteiger charge is -2.19. The molecule has 1 aliphatic heterocycles. The largest absolute Gasteiger partial charge is 0.489 e. The van der Waals surface area contributed by atoms with Crippen molar-refractivity contribution in [2.45, 2.75) is 20.8 Å². The fourth-order valence-electron chi connectivity index (χ4n) is 2.58. The molecule has 6 nitrogen and oxygen atoms in total. The average Bonchev–Trinajstić information content (AvgIpc) is 2.80. The molecule has 0 unspecified atom stereocenters. The maximum Gasteiger partial charge on any atom is 0.338 e. The van der Waals surface area contributed by atoms with Gasteiger partial charge in [0.15, 0.2) is 11.5 Å². The van der Waals surface area contributed by atoms with Crippen molar-refractivity contribution in [3.8, 4) is 11.5 Å². The Bertz CT molecular complexity index is 842. The summed E-state index contributed by atoms with van der Waals surface area (Å²) in [4.78, 5) is 24.2. The fraction of sp³-hybridized carbons (Fsp3) is 0.333. The number of amides is 1.